The zero-order valence-electron chi connectivity index (χ0n) is 12.5. The fraction of sp³-hybridized carbons (Fsp3) is 0.0625. The molecule has 0 atom stereocenters. The van der Waals surface area contributed by atoms with E-state index >= 15 is 0 Å². The van der Waals surface area contributed by atoms with Crippen LogP contribution in [0.2, 0.25) is 0 Å². The Morgan fingerprint density at radius 1 is 1.17 bits per heavy atom. The third-order valence-electron chi connectivity index (χ3n) is 3.14. The van der Waals surface area contributed by atoms with Crippen molar-refractivity contribution in [2.24, 2.45) is 0 Å². The quantitative estimate of drug-likeness (QED) is 0.811. The largest absolute Gasteiger partial charge is 0.280 e. The van der Waals surface area contributed by atoms with E-state index in [1.165, 1.54) is 30.3 Å². The number of nitrogens with one attached hydrogen (secondary N) is 1. The van der Waals surface area contributed by atoms with Crippen LogP contribution in [0.5, 0.6) is 0 Å². The smallest absolute Gasteiger partial charge is 0.262 e. The van der Waals surface area contributed by atoms with Gasteiger partial charge >= 0.3 is 0 Å². The predicted octanol–water partition coefficient (Wildman–Crippen LogP) is 2.64. The maximum atomic E-state index is 12.3. The minimum Gasteiger partial charge on any atom is -0.280 e. The molecule has 0 saturated carbocycles. The van der Waals surface area contributed by atoms with Crippen LogP contribution in [0.3, 0.4) is 0 Å². The van der Waals surface area contributed by atoms with Gasteiger partial charge in [-0.05, 0) is 42.3 Å². The number of nitrogens with zero attached hydrogens (tertiary/aromatic N) is 1. The summed E-state index contributed by atoms with van der Waals surface area (Å²) in [5, 5.41) is 9.19. The number of hydrogen-bond acceptors (Lipinski definition) is 5. The highest BCUT2D eigenvalue weighted by atomic mass is 32.2. The Bertz CT molecular complexity index is 991. The molecule has 0 radical (unpaired) electrons. The van der Waals surface area contributed by atoms with E-state index in [2.05, 4.69) is 11.3 Å². The van der Waals surface area contributed by atoms with Crippen LogP contribution in [0, 0.1) is 11.3 Å². The fourth-order valence-corrected chi connectivity index (χ4v) is 4.18. The highest BCUT2D eigenvalue weighted by Crippen LogP contribution is 2.25. The molecule has 6 nitrogen and oxygen atoms in total. The Labute approximate surface area is 141 Å². The Morgan fingerprint density at radius 3 is 2.42 bits per heavy atom. The molecule has 124 valence electrons. The van der Waals surface area contributed by atoms with Crippen molar-refractivity contribution in [3.63, 3.8) is 0 Å². The van der Waals surface area contributed by atoms with E-state index in [-0.39, 0.29) is 15.5 Å². The standard InChI is InChI=1S/C16H14N2O4S2/c1-13-5-2-3-6-16(13)24(21,22)18-14-7-9-15(10-8-14)23(19,20)12-4-11-17/h2-4,6-10,12,18H,1,5H2. The number of hydrogen-bond donors (Lipinski definition) is 1. The first kappa shape index (κ1) is 17.7. The Morgan fingerprint density at radius 2 is 1.83 bits per heavy atom. The molecule has 1 aliphatic carbocycles. The van der Waals surface area contributed by atoms with Crippen molar-refractivity contribution in [1.82, 2.24) is 0 Å². The summed E-state index contributed by atoms with van der Waals surface area (Å²) in [5.74, 6) is 0. The van der Waals surface area contributed by atoms with Gasteiger partial charge in [-0.15, -0.1) is 0 Å². The average molecular weight is 362 g/mol. The molecule has 2 rings (SSSR count). The molecular weight excluding hydrogens is 348 g/mol. The summed E-state index contributed by atoms with van der Waals surface area (Å²) in [4.78, 5) is 0.0554. The first-order valence-electron chi connectivity index (χ1n) is 6.75. The van der Waals surface area contributed by atoms with Gasteiger partial charge in [0.05, 0.1) is 15.9 Å². The lowest BCUT2D eigenvalue weighted by atomic mass is 10.1. The molecule has 0 aromatic heterocycles. The minimum atomic E-state index is -3.79. The van der Waals surface area contributed by atoms with E-state index in [4.69, 9.17) is 5.26 Å². The van der Waals surface area contributed by atoms with Gasteiger partial charge < -0.3 is 0 Å². The second kappa shape index (κ2) is 6.86. The van der Waals surface area contributed by atoms with Gasteiger partial charge in [-0.25, -0.2) is 16.8 Å². The van der Waals surface area contributed by atoms with Gasteiger partial charge in [0, 0.05) is 17.2 Å². The SMILES string of the molecule is C=C1CC=CC=C1S(=O)(=O)Nc1ccc(S(=O)(=O)C=CC#N)cc1. The highest BCUT2D eigenvalue weighted by molar-refractivity contribution is 7.96. The summed E-state index contributed by atoms with van der Waals surface area (Å²) in [6, 6.07) is 6.81. The lowest BCUT2D eigenvalue weighted by Crippen LogP contribution is -2.17. The predicted molar refractivity (Wildman–Crippen MR) is 91.9 cm³/mol. The van der Waals surface area contributed by atoms with E-state index in [0.717, 1.165) is 11.5 Å². The molecule has 0 unspecified atom stereocenters. The van der Waals surface area contributed by atoms with E-state index in [1.807, 2.05) is 0 Å². The molecule has 0 fully saturated rings. The molecule has 1 aromatic carbocycles. The van der Waals surface area contributed by atoms with Gasteiger partial charge in [-0.3, -0.25) is 4.72 Å². The Kier molecular flexibility index (Phi) is 5.07. The number of rotatable bonds is 5. The van der Waals surface area contributed by atoms with Crippen LogP contribution in [0.4, 0.5) is 5.69 Å². The van der Waals surface area contributed by atoms with Gasteiger partial charge in [0.15, 0.2) is 0 Å². The van der Waals surface area contributed by atoms with Crippen LogP contribution >= 0.6 is 0 Å². The Hall–Kier alpha value is -2.63. The monoisotopic (exact) mass is 362 g/mol. The van der Waals surface area contributed by atoms with Crippen LogP contribution in [-0.4, -0.2) is 16.8 Å². The lowest BCUT2D eigenvalue weighted by Gasteiger charge is -2.14. The molecule has 24 heavy (non-hydrogen) atoms. The number of anilines is 1. The van der Waals surface area contributed by atoms with Gasteiger partial charge in [0.1, 0.15) is 0 Å². The summed E-state index contributed by atoms with van der Waals surface area (Å²) in [5.41, 5.74) is 0.701. The molecule has 1 aromatic rings. The first-order valence-corrected chi connectivity index (χ1v) is 9.78. The van der Waals surface area contributed by atoms with Crippen molar-refractivity contribution < 1.29 is 16.8 Å². The summed E-state index contributed by atoms with van der Waals surface area (Å²) < 4.78 is 50.8. The Balaban J connectivity index is 2.25. The third kappa shape index (κ3) is 4.01. The van der Waals surface area contributed by atoms with Crippen LogP contribution < -0.4 is 4.72 Å². The molecule has 0 spiro atoms. The van der Waals surface area contributed by atoms with Crippen molar-refractivity contribution >= 4 is 25.5 Å². The number of sulfone groups is 1. The second-order valence-electron chi connectivity index (χ2n) is 4.87. The van der Waals surface area contributed by atoms with Crippen LogP contribution in [0.25, 0.3) is 0 Å². The molecule has 0 heterocycles. The van der Waals surface area contributed by atoms with Crippen LogP contribution in [-0.2, 0) is 19.9 Å². The molecular formula is C16H14N2O4S2. The van der Waals surface area contributed by atoms with Gasteiger partial charge in [0.2, 0.25) is 9.84 Å². The zero-order chi connectivity index (χ0) is 17.8. The molecule has 1 N–H and O–H groups in total. The minimum absolute atomic E-state index is 0.0406. The van der Waals surface area contributed by atoms with E-state index in [0.29, 0.717) is 12.0 Å². The second-order valence-corrected chi connectivity index (χ2v) is 8.36. The first-order chi connectivity index (χ1) is 11.3. The molecule has 0 bridgehead atoms. The molecule has 0 aliphatic heterocycles. The number of benzene rings is 1. The van der Waals surface area contributed by atoms with E-state index in [9.17, 15) is 16.8 Å². The third-order valence-corrected chi connectivity index (χ3v) is 6.07. The number of sulfonamides is 1. The van der Waals surface area contributed by atoms with Crippen molar-refractivity contribution in [3.05, 3.63) is 71.0 Å². The van der Waals surface area contributed by atoms with Crippen molar-refractivity contribution in [2.45, 2.75) is 11.3 Å². The van der Waals surface area contributed by atoms with Crippen molar-refractivity contribution in [1.29, 1.82) is 5.26 Å². The maximum absolute atomic E-state index is 12.3. The molecule has 0 saturated heterocycles. The van der Waals surface area contributed by atoms with E-state index < -0.39 is 19.9 Å². The summed E-state index contributed by atoms with van der Waals surface area (Å²) in [6.07, 6.45) is 6.21. The number of nitriles is 1. The summed E-state index contributed by atoms with van der Waals surface area (Å²) in [7, 11) is -7.52. The van der Waals surface area contributed by atoms with Gasteiger partial charge in [-0.2, -0.15) is 5.26 Å². The summed E-state index contributed by atoms with van der Waals surface area (Å²) >= 11 is 0. The average Bonchev–Trinajstić information content (AvgIpc) is 2.53. The highest BCUT2D eigenvalue weighted by Gasteiger charge is 2.21. The number of allylic oxidation sites excluding steroid dienone is 5. The van der Waals surface area contributed by atoms with Crippen LogP contribution in [0.15, 0.2) is 75.9 Å². The fourth-order valence-electron chi connectivity index (χ4n) is 1.99. The van der Waals surface area contributed by atoms with E-state index in [1.54, 1.807) is 18.2 Å². The molecule has 1 aliphatic rings. The van der Waals surface area contributed by atoms with Crippen LogP contribution in [0.1, 0.15) is 6.42 Å². The topological polar surface area (TPSA) is 104 Å². The zero-order valence-corrected chi connectivity index (χ0v) is 14.1. The van der Waals surface area contributed by atoms with Crippen molar-refractivity contribution in [3.8, 4) is 6.07 Å². The molecule has 8 heteroatoms. The molecule has 0 amide bonds. The summed E-state index contributed by atoms with van der Waals surface area (Å²) in [6.45, 7) is 3.73. The lowest BCUT2D eigenvalue weighted by molar-refractivity contribution is 0.604. The van der Waals surface area contributed by atoms with Gasteiger partial charge in [0.25, 0.3) is 10.0 Å². The van der Waals surface area contributed by atoms with Crippen molar-refractivity contribution in [2.75, 3.05) is 4.72 Å². The maximum Gasteiger partial charge on any atom is 0.262 e. The van der Waals surface area contributed by atoms with Gasteiger partial charge in [-0.1, -0.05) is 18.7 Å². The normalized spacial score (nSPS) is 15.1.